The Morgan fingerprint density at radius 2 is 1.36 bits per heavy atom. The lowest BCUT2D eigenvalue weighted by Gasteiger charge is -2.47. The first-order chi connectivity index (χ1) is 10.6. The highest BCUT2D eigenvalue weighted by Gasteiger charge is 2.49. The topological polar surface area (TPSA) is 20.3 Å². The molecule has 1 saturated heterocycles. The zero-order valence-corrected chi connectivity index (χ0v) is 13.5. The molecular weight excluding hydrogens is 270 g/mol. The second kappa shape index (κ2) is 5.69. The van der Waals surface area contributed by atoms with Crippen LogP contribution >= 0.6 is 0 Å². The number of carbonyl (C=O) groups is 1. The van der Waals surface area contributed by atoms with E-state index in [0.29, 0.717) is 11.8 Å². The van der Waals surface area contributed by atoms with Gasteiger partial charge >= 0.3 is 0 Å². The molecular formula is C20H23NO. The Hall–Kier alpha value is -1.93. The van der Waals surface area contributed by atoms with Gasteiger partial charge in [0.2, 0.25) is 0 Å². The number of hydrogen-bond acceptors (Lipinski definition) is 2. The van der Waals surface area contributed by atoms with E-state index in [0.717, 1.165) is 17.5 Å². The summed E-state index contributed by atoms with van der Waals surface area (Å²) in [4.78, 5) is 15.5. The fraction of sp³-hybridized carbons (Fsp3) is 0.350. The fourth-order valence-corrected chi connectivity index (χ4v) is 3.74. The number of likely N-dealkylation sites (N-methyl/N-ethyl adjacent to an activating group) is 1. The molecule has 2 nitrogen and oxygen atoms in total. The monoisotopic (exact) mass is 293 g/mol. The van der Waals surface area contributed by atoms with E-state index in [-0.39, 0.29) is 6.04 Å². The van der Waals surface area contributed by atoms with Gasteiger partial charge in [0, 0.05) is 6.04 Å². The average Bonchev–Trinajstić information content (AvgIpc) is 2.58. The van der Waals surface area contributed by atoms with Gasteiger partial charge in [0.05, 0.1) is 11.5 Å². The van der Waals surface area contributed by atoms with E-state index in [9.17, 15) is 4.79 Å². The van der Waals surface area contributed by atoms with Crippen molar-refractivity contribution in [3.05, 3.63) is 71.8 Å². The summed E-state index contributed by atoms with van der Waals surface area (Å²) in [5.41, 5.74) is 1.68. The first-order valence-corrected chi connectivity index (χ1v) is 7.94. The molecule has 0 radical (unpaired) electrons. The van der Waals surface area contributed by atoms with Crippen LogP contribution in [0.3, 0.4) is 0 Å². The number of carbonyl (C=O) groups excluding carboxylic acids is 1. The minimum Gasteiger partial charge on any atom is -0.297 e. The molecule has 3 rings (SSSR count). The minimum atomic E-state index is -0.534. The number of ketones is 1. The first kappa shape index (κ1) is 15.0. The summed E-state index contributed by atoms with van der Waals surface area (Å²) in [5, 5.41) is 0. The van der Waals surface area contributed by atoms with E-state index in [1.807, 2.05) is 50.4 Å². The van der Waals surface area contributed by atoms with Gasteiger partial charge in [-0.15, -0.1) is 0 Å². The lowest BCUT2D eigenvalue weighted by atomic mass is 9.63. The molecule has 114 valence electrons. The van der Waals surface area contributed by atoms with Crippen molar-refractivity contribution < 1.29 is 4.79 Å². The van der Waals surface area contributed by atoms with Gasteiger partial charge in [0.25, 0.3) is 0 Å². The van der Waals surface area contributed by atoms with Crippen molar-refractivity contribution in [2.24, 2.45) is 0 Å². The predicted molar refractivity (Wildman–Crippen MR) is 90.0 cm³/mol. The maximum Gasteiger partial charge on any atom is 0.164 e. The van der Waals surface area contributed by atoms with Crippen LogP contribution in [0.1, 0.15) is 31.4 Å². The van der Waals surface area contributed by atoms with Gasteiger partial charge in [-0.1, -0.05) is 60.7 Å². The van der Waals surface area contributed by atoms with Gasteiger partial charge in [-0.05, 0) is 38.4 Å². The van der Waals surface area contributed by atoms with Gasteiger partial charge in [-0.3, -0.25) is 9.69 Å². The molecule has 0 saturated carbocycles. The molecule has 0 aliphatic carbocycles. The van der Waals surface area contributed by atoms with E-state index < -0.39 is 5.41 Å². The van der Waals surface area contributed by atoms with Crippen molar-refractivity contribution in [1.29, 1.82) is 0 Å². The van der Waals surface area contributed by atoms with Crippen LogP contribution in [0.4, 0.5) is 0 Å². The third kappa shape index (κ3) is 2.19. The van der Waals surface area contributed by atoms with Crippen LogP contribution < -0.4 is 0 Å². The second-order valence-electron chi connectivity index (χ2n) is 6.40. The molecule has 0 amide bonds. The summed E-state index contributed by atoms with van der Waals surface area (Å²) in [6.45, 7) is 4.24. The van der Waals surface area contributed by atoms with Crippen molar-refractivity contribution in [1.82, 2.24) is 4.90 Å². The Morgan fingerprint density at radius 1 is 0.909 bits per heavy atom. The highest BCUT2D eigenvalue weighted by atomic mass is 16.1. The molecule has 0 spiro atoms. The van der Waals surface area contributed by atoms with E-state index in [1.54, 1.807) is 0 Å². The van der Waals surface area contributed by atoms with Crippen molar-refractivity contribution >= 4 is 5.78 Å². The Labute approximate surface area is 132 Å². The first-order valence-electron chi connectivity index (χ1n) is 7.94. The van der Waals surface area contributed by atoms with Gasteiger partial charge in [-0.25, -0.2) is 0 Å². The molecule has 1 aliphatic rings. The van der Waals surface area contributed by atoms with E-state index in [4.69, 9.17) is 0 Å². The molecule has 22 heavy (non-hydrogen) atoms. The van der Waals surface area contributed by atoms with Crippen molar-refractivity contribution in [3.63, 3.8) is 0 Å². The molecule has 1 heterocycles. The van der Waals surface area contributed by atoms with Crippen LogP contribution in [0, 0.1) is 0 Å². The number of likely N-dealkylation sites (tertiary alicyclic amines) is 1. The highest BCUT2D eigenvalue weighted by molar-refractivity contribution is 5.98. The number of nitrogens with zero attached hydrogens (tertiary/aromatic N) is 1. The summed E-state index contributed by atoms with van der Waals surface area (Å²) in [7, 11) is 2.05. The summed E-state index contributed by atoms with van der Waals surface area (Å²) >= 11 is 0. The Morgan fingerprint density at radius 3 is 1.82 bits per heavy atom. The summed E-state index contributed by atoms with van der Waals surface area (Å²) in [6.07, 6.45) is 0.820. The Balaban J connectivity index is 2.23. The van der Waals surface area contributed by atoms with Gasteiger partial charge < -0.3 is 0 Å². The van der Waals surface area contributed by atoms with Crippen LogP contribution in [0.15, 0.2) is 60.7 Å². The van der Waals surface area contributed by atoms with Gasteiger partial charge in [0.1, 0.15) is 0 Å². The maximum absolute atomic E-state index is 13.4. The molecule has 0 unspecified atom stereocenters. The summed E-state index contributed by atoms with van der Waals surface area (Å²) in [5.74, 6) is 0.297. The maximum atomic E-state index is 13.4. The predicted octanol–water partition coefficient (Wildman–Crippen LogP) is 3.65. The molecule has 0 N–H and O–H groups in total. The molecule has 0 bridgehead atoms. The number of rotatable bonds is 2. The van der Waals surface area contributed by atoms with Gasteiger partial charge in [-0.2, -0.15) is 0 Å². The standard InChI is InChI=1S/C20H23NO/c1-15-14-20(17-10-6-4-7-11-17,18-12-8-5-9-13-18)19(22)16(2)21(15)3/h4-13,15-16H,14H2,1-3H3/t15-,16+/m0/s1. The van der Waals surface area contributed by atoms with Crippen LogP contribution in [-0.4, -0.2) is 29.8 Å². The quantitative estimate of drug-likeness (QED) is 0.842. The minimum absolute atomic E-state index is 0.0795. The molecule has 0 aromatic heterocycles. The van der Waals surface area contributed by atoms with Crippen molar-refractivity contribution in [2.45, 2.75) is 37.8 Å². The number of Topliss-reactive ketones (excluding diaryl/α,β-unsaturated/α-hetero) is 1. The molecule has 2 atom stereocenters. The SMILES string of the molecule is C[C@@H]1C(=O)C(c2ccccc2)(c2ccccc2)C[C@H](C)N1C. The largest absolute Gasteiger partial charge is 0.297 e. The highest BCUT2D eigenvalue weighted by Crippen LogP contribution is 2.43. The fourth-order valence-electron chi connectivity index (χ4n) is 3.74. The molecule has 2 aromatic carbocycles. The zero-order chi connectivity index (χ0) is 15.7. The Bertz CT molecular complexity index is 610. The smallest absolute Gasteiger partial charge is 0.164 e. The van der Waals surface area contributed by atoms with Gasteiger partial charge in [0.15, 0.2) is 5.78 Å². The van der Waals surface area contributed by atoms with Crippen molar-refractivity contribution in [2.75, 3.05) is 7.05 Å². The van der Waals surface area contributed by atoms with E-state index >= 15 is 0 Å². The average molecular weight is 293 g/mol. The normalized spacial score (nSPS) is 25.1. The molecule has 2 aromatic rings. The Kier molecular flexibility index (Phi) is 3.88. The zero-order valence-electron chi connectivity index (χ0n) is 13.5. The second-order valence-corrected chi connectivity index (χ2v) is 6.40. The van der Waals surface area contributed by atoms with Crippen molar-refractivity contribution in [3.8, 4) is 0 Å². The lowest BCUT2D eigenvalue weighted by molar-refractivity contribution is -0.132. The number of piperidine rings is 1. The van der Waals surface area contributed by atoms with Crippen LogP contribution in [0.2, 0.25) is 0 Å². The molecule has 2 heteroatoms. The van der Waals surface area contributed by atoms with E-state index in [1.165, 1.54) is 0 Å². The number of hydrogen-bond donors (Lipinski definition) is 0. The van der Waals surface area contributed by atoms with Crippen LogP contribution in [-0.2, 0) is 10.2 Å². The third-order valence-corrected chi connectivity index (χ3v) is 5.24. The third-order valence-electron chi connectivity index (χ3n) is 5.24. The van der Waals surface area contributed by atoms with Crippen LogP contribution in [0.5, 0.6) is 0 Å². The summed E-state index contributed by atoms with van der Waals surface area (Å²) in [6, 6.07) is 20.8. The molecule has 1 fully saturated rings. The summed E-state index contributed by atoms with van der Waals surface area (Å²) < 4.78 is 0. The lowest BCUT2D eigenvalue weighted by Crippen LogP contribution is -2.58. The number of benzene rings is 2. The van der Waals surface area contributed by atoms with Crippen LogP contribution in [0.25, 0.3) is 0 Å². The molecule has 1 aliphatic heterocycles. The van der Waals surface area contributed by atoms with E-state index in [2.05, 4.69) is 36.1 Å².